The van der Waals surface area contributed by atoms with Gasteiger partial charge in [-0.25, -0.2) is 0 Å². The fourth-order valence-corrected chi connectivity index (χ4v) is 2.59. The number of amides is 2. The maximum absolute atomic E-state index is 11.6. The van der Waals surface area contributed by atoms with Crippen LogP contribution in [0.3, 0.4) is 0 Å². The van der Waals surface area contributed by atoms with Crippen LogP contribution in [0.25, 0.3) is 0 Å². The molecule has 0 fully saturated rings. The number of benzene rings is 1. The number of nitrogens with zero attached hydrogens (tertiary/aromatic N) is 1. The molecule has 0 unspecified atom stereocenters. The van der Waals surface area contributed by atoms with Crippen LogP contribution >= 0.6 is 35.0 Å². The van der Waals surface area contributed by atoms with Crippen LogP contribution < -0.4 is 0 Å². The number of likely N-dealkylation sites (N-methyl/N-ethyl adjacent to an activating group) is 1. The van der Waals surface area contributed by atoms with Crippen molar-refractivity contribution in [3.8, 4) is 0 Å². The van der Waals surface area contributed by atoms with Gasteiger partial charge in [0.15, 0.2) is 0 Å². The van der Waals surface area contributed by atoms with E-state index in [0.29, 0.717) is 15.0 Å². The molecule has 0 N–H and O–H groups in total. The predicted molar refractivity (Wildman–Crippen MR) is 68.2 cm³/mol. The molecule has 6 heteroatoms. The van der Waals surface area contributed by atoms with E-state index in [9.17, 15) is 9.59 Å². The molecule has 1 aromatic rings. The van der Waals surface area contributed by atoms with Crippen molar-refractivity contribution >= 4 is 46.8 Å². The third-order valence-electron chi connectivity index (χ3n) is 2.22. The van der Waals surface area contributed by atoms with E-state index in [1.165, 1.54) is 24.9 Å². The van der Waals surface area contributed by atoms with Gasteiger partial charge >= 0.3 is 0 Å². The normalized spacial score (nSPS) is 15.5. The standard InChI is InChI=1S/C11H7Cl2NO2S/c1-14-10(15)5-9(11(14)16)17-6-2-3-7(12)8(13)4-6/h2-5H,1H3. The SMILES string of the molecule is CN1C(=O)C=C(Sc2ccc(Cl)c(Cl)c2)C1=O. The monoisotopic (exact) mass is 287 g/mol. The fraction of sp³-hybridized carbons (Fsp3) is 0.0909. The van der Waals surface area contributed by atoms with Crippen molar-refractivity contribution in [1.29, 1.82) is 0 Å². The molecule has 0 spiro atoms. The highest BCUT2D eigenvalue weighted by Gasteiger charge is 2.28. The number of rotatable bonds is 2. The zero-order valence-corrected chi connectivity index (χ0v) is 11.1. The van der Waals surface area contributed by atoms with Crippen molar-refractivity contribution in [1.82, 2.24) is 4.90 Å². The van der Waals surface area contributed by atoms with E-state index in [2.05, 4.69) is 0 Å². The lowest BCUT2D eigenvalue weighted by atomic mass is 10.4. The molecule has 1 aliphatic heterocycles. The first-order chi connectivity index (χ1) is 7.99. The summed E-state index contributed by atoms with van der Waals surface area (Å²) in [4.78, 5) is 25.1. The van der Waals surface area contributed by atoms with Crippen LogP contribution in [0, 0.1) is 0 Å². The molecule has 2 amide bonds. The van der Waals surface area contributed by atoms with Crippen LogP contribution in [-0.2, 0) is 9.59 Å². The van der Waals surface area contributed by atoms with E-state index in [1.807, 2.05) is 0 Å². The molecule has 1 heterocycles. The quantitative estimate of drug-likeness (QED) is 0.785. The topological polar surface area (TPSA) is 37.4 Å². The van der Waals surface area contributed by atoms with Gasteiger partial charge in [0.1, 0.15) is 0 Å². The lowest BCUT2D eigenvalue weighted by Crippen LogP contribution is -2.25. The van der Waals surface area contributed by atoms with Gasteiger partial charge in [-0.1, -0.05) is 35.0 Å². The van der Waals surface area contributed by atoms with Crippen molar-refractivity contribution in [2.45, 2.75) is 4.90 Å². The smallest absolute Gasteiger partial charge is 0.267 e. The van der Waals surface area contributed by atoms with Crippen molar-refractivity contribution in [2.24, 2.45) is 0 Å². The highest BCUT2D eigenvalue weighted by molar-refractivity contribution is 8.04. The molecular formula is C11H7Cl2NO2S. The summed E-state index contributed by atoms with van der Waals surface area (Å²) in [5, 5.41) is 0.873. The van der Waals surface area contributed by atoms with Gasteiger partial charge in [-0.15, -0.1) is 0 Å². The molecule has 0 aliphatic carbocycles. The van der Waals surface area contributed by atoms with Gasteiger partial charge in [0.05, 0.1) is 15.0 Å². The van der Waals surface area contributed by atoms with Gasteiger partial charge in [-0.05, 0) is 18.2 Å². The molecule has 88 valence electrons. The molecule has 0 bridgehead atoms. The maximum atomic E-state index is 11.6. The van der Waals surface area contributed by atoms with E-state index in [1.54, 1.807) is 18.2 Å². The highest BCUT2D eigenvalue weighted by Crippen LogP contribution is 2.34. The number of carbonyl (C=O) groups excluding carboxylic acids is 2. The minimum Gasteiger partial charge on any atom is -0.278 e. The summed E-state index contributed by atoms with van der Waals surface area (Å²) in [6, 6.07) is 5.05. The van der Waals surface area contributed by atoms with Crippen LogP contribution in [0.5, 0.6) is 0 Å². The molecule has 0 saturated carbocycles. The molecule has 1 aromatic carbocycles. The average molecular weight is 288 g/mol. The highest BCUT2D eigenvalue weighted by atomic mass is 35.5. The molecule has 0 atom stereocenters. The van der Waals surface area contributed by atoms with Crippen molar-refractivity contribution in [3.05, 3.63) is 39.2 Å². The Kier molecular flexibility index (Phi) is 3.47. The summed E-state index contributed by atoms with van der Waals surface area (Å²) in [6.45, 7) is 0. The Morgan fingerprint density at radius 1 is 1.18 bits per heavy atom. The summed E-state index contributed by atoms with van der Waals surface area (Å²) in [5.41, 5.74) is 0. The van der Waals surface area contributed by atoms with Crippen LogP contribution in [0.4, 0.5) is 0 Å². The van der Waals surface area contributed by atoms with E-state index in [4.69, 9.17) is 23.2 Å². The summed E-state index contributed by atoms with van der Waals surface area (Å²) in [6.07, 6.45) is 1.31. The van der Waals surface area contributed by atoms with Crippen molar-refractivity contribution in [2.75, 3.05) is 7.05 Å². The second kappa shape index (κ2) is 4.72. The Balaban J connectivity index is 2.22. The largest absolute Gasteiger partial charge is 0.278 e. The first-order valence-corrected chi connectivity index (χ1v) is 6.23. The fourth-order valence-electron chi connectivity index (χ4n) is 1.28. The molecule has 0 aromatic heterocycles. The van der Waals surface area contributed by atoms with E-state index in [0.717, 1.165) is 9.80 Å². The summed E-state index contributed by atoms with van der Waals surface area (Å²) in [7, 11) is 1.45. The average Bonchev–Trinajstić information content (AvgIpc) is 2.52. The molecule has 0 saturated heterocycles. The van der Waals surface area contributed by atoms with Crippen molar-refractivity contribution < 1.29 is 9.59 Å². The minimum absolute atomic E-state index is 0.300. The van der Waals surface area contributed by atoms with Crippen LogP contribution in [0.2, 0.25) is 10.0 Å². The number of imide groups is 1. The summed E-state index contributed by atoms with van der Waals surface area (Å²) >= 11 is 12.8. The zero-order valence-electron chi connectivity index (χ0n) is 8.74. The molecular weight excluding hydrogens is 281 g/mol. The minimum atomic E-state index is -0.308. The summed E-state index contributed by atoms with van der Waals surface area (Å²) < 4.78 is 0. The molecule has 1 aliphatic rings. The predicted octanol–water partition coefficient (Wildman–Crippen LogP) is 2.97. The second-order valence-corrected chi connectivity index (χ2v) is 5.32. The van der Waals surface area contributed by atoms with E-state index >= 15 is 0 Å². The van der Waals surface area contributed by atoms with Gasteiger partial charge in [-0.2, -0.15) is 0 Å². The number of carbonyl (C=O) groups is 2. The molecule has 0 radical (unpaired) electrons. The number of thioether (sulfide) groups is 1. The van der Waals surface area contributed by atoms with Crippen LogP contribution in [-0.4, -0.2) is 23.8 Å². The Morgan fingerprint density at radius 2 is 1.88 bits per heavy atom. The van der Waals surface area contributed by atoms with Gasteiger partial charge < -0.3 is 0 Å². The Bertz CT molecular complexity index is 542. The molecule has 2 rings (SSSR count). The Hall–Kier alpha value is -0.970. The van der Waals surface area contributed by atoms with Crippen molar-refractivity contribution in [3.63, 3.8) is 0 Å². The van der Waals surface area contributed by atoms with Gasteiger partial charge in [0.2, 0.25) is 0 Å². The van der Waals surface area contributed by atoms with Crippen LogP contribution in [0.15, 0.2) is 34.1 Å². The summed E-state index contributed by atoms with van der Waals surface area (Å²) in [5.74, 6) is -0.608. The van der Waals surface area contributed by atoms with Crippen LogP contribution in [0.1, 0.15) is 0 Å². The first kappa shape index (κ1) is 12.5. The van der Waals surface area contributed by atoms with E-state index < -0.39 is 0 Å². The van der Waals surface area contributed by atoms with Gasteiger partial charge in [0, 0.05) is 18.0 Å². The number of hydrogen-bond acceptors (Lipinski definition) is 3. The Labute approximate surface area is 112 Å². The maximum Gasteiger partial charge on any atom is 0.267 e. The second-order valence-electron chi connectivity index (χ2n) is 3.39. The number of hydrogen-bond donors (Lipinski definition) is 0. The lowest BCUT2D eigenvalue weighted by molar-refractivity contribution is -0.135. The third-order valence-corrected chi connectivity index (χ3v) is 3.96. The molecule has 17 heavy (non-hydrogen) atoms. The molecule has 3 nitrogen and oxygen atoms in total. The third kappa shape index (κ3) is 2.49. The Morgan fingerprint density at radius 3 is 2.41 bits per heavy atom. The van der Waals surface area contributed by atoms with Gasteiger partial charge in [-0.3, -0.25) is 14.5 Å². The number of halogens is 2. The zero-order chi connectivity index (χ0) is 12.6. The first-order valence-electron chi connectivity index (χ1n) is 4.65. The van der Waals surface area contributed by atoms with Gasteiger partial charge in [0.25, 0.3) is 11.8 Å². The lowest BCUT2D eigenvalue weighted by Gasteiger charge is -2.06. The van der Waals surface area contributed by atoms with E-state index in [-0.39, 0.29) is 11.8 Å².